The van der Waals surface area contributed by atoms with E-state index >= 15 is 0 Å². The average molecular weight is 364 g/mol. The molecule has 1 heterocycles. The topological polar surface area (TPSA) is 81.3 Å². The van der Waals surface area contributed by atoms with Gasteiger partial charge in [0.2, 0.25) is 0 Å². The number of hydrogen-bond acceptors (Lipinski definition) is 5. The fourth-order valence-electron chi connectivity index (χ4n) is 2.85. The number of benzene rings is 2. The Kier molecular flexibility index (Phi) is 5.78. The molecule has 1 aromatic heterocycles. The maximum atomic E-state index is 12.8. The Bertz CT molecular complexity index is 968. The number of carbonyl (C=O) groups is 1. The first-order valence-electron chi connectivity index (χ1n) is 8.55. The Morgan fingerprint density at radius 1 is 1.04 bits per heavy atom. The zero-order valence-electron chi connectivity index (χ0n) is 15.1. The molecule has 138 valence electrons. The van der Waals surface area contributed by atoms with E-state index < -0.39 is 17.6 Å². The summed E-state index contributed by atoms with van der Waals surface area (Å²) in [6.07, 6.45) is -0.487. The quantitative estimate of drug-likeness (QED) is 0.679. The Hall–Kier alpha value is -3.25. The van der Waals surface area contributed by atoms with Crippen molar-refractivity contribution in [1.82, 2.24) is 10.2 Å². The molecule has 0 bridgehead atoms. The summed E-state index contributed by atoms with van der Waals surface area (Å²) in [5.74, 6) is -0.709. The fraction of sp³-hybridized carbons (Fsp3) is 0.190. The average Bonchev–Trinajstić information content (AvgIpc) is 2.69. The van der Waals surface area contributed by atoms with Gasteiger partial charge < -0.3 is 9.47 Å². The second-order valence-corrected chi connectivity index (χ2v) is 6.05. The van der Waals surface area contributed by atoms with Crippen LogP contribution in [0.15, 0.2) is 65.5 Å². The molecule has 0 spiro atoms. The highest BCUT2D eigenvalue weighted by molar-refractivity contribution is 6.00. The lowest BCUT2D eigenvalue weighted by molar-refractivity contribution is 0.0119. The summed E-state index contributed by atoms with van der Waals surface area (Å²) in [7, 11) is 1.52. The van der Waals surface area contributed by atoms with Crippen molar-refractivity contribution in [3.8, 4) is 22.4 Å². The van der Waals surface area contributed by atoms with Gasteiger partial charge in [-0.3, -0.25) is 4.79 Å². The molecule has 2 aromatic carbocycles. The molecule has 0 saturated carbocycles. The molecule has 0 fully saturated rings. The van der Waals surface area contributed by atoms with Gasteiger partial charge in [-0.1, -0.05) is 60.7 Å². The summed E-state index contributed by atoms with van der Waals surface area (Å²) < 4.78 is 10.4. The van der Waals surface area contributed by atoms with Gasteiger partial charge in [-0.25, -0.2) is 9.89 Å². The molecule has 0 aliphatic carbocycles. The largest absolute Gasteiger partial charge is 0.456 e. The molecule has 0 amide bonds. The molecule has 0 unspecified atom stereocenters. The van der Waals surface area contributed by atoms with Gasteiger partial charge >= 0.3 is 5.97 Å². The Balaban J connectivity index is 2.20. The molecule has 0 aliphatic rings. The van der Waals surface area contributed by atoms with Gasteiger partial charge in [0.15, 0.2) is 0 Å². The van der Waals surface area contributed by atoms with Crippen molar-refractivity contribution in [2.24, 2.45) is 0 Å². The van der Waals surface area contributed by atoms with Gasteiger partial charge in [0.05, 0.1) is 12.3 Å². The highest BCUT2D eigenvalue weighted by Gasteiger charge is 2.25. The molecule has 3 rings (SSSR count). The molecular formula is C21H20N2O4. The van der Waals surface area contributed by atoms with E-state index in [0.717, 1.165) is 5.56 Å². The Morgan fingerprint density at radius 3 is 2.22 bits per heavy atom. The molecule has 0 aliphatic heterocycles. The molecule has 27 heavy (non-hydrogen) atoms. The highest BCUT2D eigenvalue weighted by atomic mass is 16.6. The van der Waals surface area contributed by atoms with Crippen molar-refractivity contribution in [3.05, 3.63) is 76.6 Å². The summed E-state index contributed by atoms with van der Waals surface area (Å²) in [6.45, 7) is 1.94. The van der Waals surface area contributed by atoms with Crippen LogP contribution >= 0.6 is 0 Å². The number of esters is 1. The second-order valence-electron chi connectivity index (χ2n) is 6.05. The van der Waals surface area contributed by atoms with E-state index in [1.165, 1.54) is 7.11 Å². The monoisotopic (exact) mass is 364 g/mol. The maximum Gasteiger partial charge on any atom is 0.344 e. The van der Waals surface area contributed by atoms with E-state index in [1.807, 2.05) is 60.7 Å². The fourth-order valence-corrected chi connectivity index (χ4v) is 2.85. The van der Waals surface area contributed by atoms with E-state index in [9.17, 15) is 9.59 Å². The van der Waals surface area contributed by atoms with Crippen LogP contribution in [-0.4, -0.2) is 36.0 Å². The lowest BCUT2D eigenvalue weighted by atomic mass is 9.95. The van der Waals surface area contributed by atoms with Crippen LogP contribution in [0.25, 0.3) is 22.4 Å². The van der Waals surface area contributed by atoms with E-state index in [2.05, 4.69) is 10.2 Å². The first-order valence-corrected chi connectivity index (χ1v) is 8.55. The molecule has 6 heteroatoms. The van der Waals surface area contributed by atoms with Gasteiger partial charge in [-0.05, 0) is 12.5 Å². The summed E-state index contributed by atoms with van der Waals surface area (Å²) in [4.78, 5) is 25.3. The van der Waals surface area contributed by atoms with Crippen molar-refractivity contribution in [1.29, 1.82) is 0 Å². The number of aromatic amines is 1. The lowest BCUT2D eigenvalue weighted by Gasteiger charge is -2.16. The van der Waals surface area contributed by atoms with E-state index in [-0.39, 0.29) is 12.2 Å². The minimum atomic E-state index is -0.709. The highest BCUT2D eigenvalue weighted by Crippen LogP contribution is 2.31. The molecule has 1 N–H and O–H groups in total. The van der Waals surface area contributed by atoms with Crippen LogP contribution in [-0.2, 0) is 9.47 Å². The smallest absolute Gasteiger partial charge is 0.344 e. The molecule has 0 saturated heterocycles. The summed E-state index contributed by atoms with van der Waals surface area (Å²) in [5.41, 5.74) is 1.78. The number of nitrogens with zero attached hydrogens (tertiary/aromatic N) is 1. The minimum absolute atomic E-state index is 0.0713. The Morgan fingerprint density at radius 2 is 1.63 bits per heavy atom. The Labute approximate surface area is 156 Å². The summed E-state index contributed by atoms with van der Waals surface area (Å²) in [5, 5.41) is 6.64. The van der Waals surface area contributed by atoms with Crippen molar-refractivity contribution in [3.63, 3.8) is 0 Å². The molecule has 1 atom stereocenters. The van der Waals surface area contributed by atoms with Gasteiger partial charge in [-0.2, -0.15) is 5.10 Å². The van der Waals surface area contributed by atoms with Crippen LogP contribution in [0.1, 0.15) is 17.3 Å². The van der Waals surface area contributed by atoms with Gasteiger partial charge in [0, 0.05) is 18.2 Å². The van der Waals surface area contributed by atoms with Crippen LogP contribution in [0.4, 0.5) is 0 Å². The van der Waals surface area contributed by atoms with Crippen LogP contribution in [0.3, 0.4) is 0 Å². The number of carbonyl (C=O) groups excluding carboxylic acids is 1. The molecule has 6 nitrogen and oxygen atoms in total. The maximum absolute atomic E-state index is 12.8. The van der Waals surface area contributed by atoms with E-state index in [4.69, 9.17) is 9.47 Å². The van der Waals surface area contributed by atoms with E-state index in [0.29, 0.717) is 16.8 Å². The number of ether oxygens (including phenoxy) is 2. The first kappa shape index (κ1) is 18.5. The van der Waals surface area contributed by atoms with Gasteiger partial charge in [0.1, 0.15) is 11.7 Å². The van der Waals surface area contributed by atoms with Gasteiger partial charge in [0.25, 0.3) is 5.56 Å². The third-order valence-corrected chi connectivity index (χ3v) is 4.01. The number of nitrogens with one attached hydrogen (secondary N) is 1. The number of methoxy groups -OCH3 is 1. The minimum Gasteiger partial charge on any atom is -0.456 e. The van der Waals surface area contributed by atoms with Crippen LogP contribution < -0.4 is 5.56 Å². The number of aromatic nitrogens is 2. The third-order valence-electron chi connectivity index (χ3n) is 4.01. The normalized spacial score (nSPS) is 11.8. The summed E-state index contributed by atoms with van der Waals surface area (Å²) in [6, 6.07) is 18.6. The summed E-state index contributed by atoms with van der Waals surface area (Å²) >= 11 is 0. The number of rotatable bonds is 6. The predicted molar refractivity (Wildman–Crippen MR) is 102 cm³/mol. The second kappa shape index (κ2) is 8.42. The molecule has 3 aromatic rings. The molecular weight excluding hydrogens is 344 g/mol. The standard InChI is InChI=1S/C21H20N2O4/c1-14(13-26-2)27-21(25)18-17(15-9-5-3-6-10-15)19(22-23-20(18)24)16-11-7-4-8-12-16/h3-12,14H,13H2,1-2H3,(H,23,24)/t14-/m1/s1. The first-order chi connectivity index (χ1) is 13.1. The van der Waals surface area contributed by atoms with E-state index in [1.54, 1.807) is 6.92 Å². The van der Waals surface area contributed by atoms with Crippen LogP contribution in [0.2, 0.25) is 0 Å². The SMILES string of the molecule is COC[C@@H](C)OC(=O)c1c(-c2ccccc2)c(-c2ccccc2)n[nH]c1=O. The zero-order valence-corrected chi connectivity index (χ0v) is 15.1. The van der Waals surface area contributed by atoms with Crippen LogP contribution in [0.5, 0.6) is 0 Å². The third kappa shape index (κ3) is 4.12. The van der Waals surface area contributed by atoms with Crippen molar-refractivity contribution < 1.29 is 14.3 Å². The van der Waals surface area contributed by atoms with Gasteiger partial charge in [-0.15, -0.1) is 0 Å². The van der Waals surface area contributed by atoms with Crippen molar-refractivity contribution in [2.75, 3.05) is 13.7 Å². The zero-order chi connectivity index (χ0) is 19.2. The number of H-pyrrole nitrogens is 1. The number of hydrogen-bond donors (Lipinski definition) is 1. The lowest BCUT2D eigenvalue weighted by Crippen LogP contribution is -2.27. The van der Waals surface area contributed by atoms with Crippen LogP contribution in [0, 0.1) is 0 Å². The van der Waals surface area contributed by atoms with Crippen molar-refractivity contribution in [2.45, 2.75) is 13.0 Å². The predicted octanol–water partition coefficient (Wildman–Crippen LogP) is 3.30. The van der Waals surface area contributed by atoms with Crippen molar-refractivity contribution >= 4 is 5.97 Å². The molecule has 0 radical (unpaired) electrons.